The van der Waals surface area contributed by atoms with E-state index < -0.39 is 5.91 Å². The SMILES string of the molecule is CNc1c(C(N)=O)sc(-c2cn[nH]c2)c1Br.Cl.Cl. The molecule has 2 aromatic heterocycles. The van der Waals surface area contributed by atoms with Crippen LogP contribution in [0.25, 0.3) is 10.4 Å². The van der Waals surface area contributed by atoms with Gasteiger partial charge in [-0.15, -0.1) is 36.2 Å². The Morgan fingerprint density at radius 1 is 1.56 bits per heavy atom. The Hall–Kier alpha value is -0.760. The van der Waals surface area contributed by atoms with E-state index in [2.05, 4.69) is 31.4 Å². The number of halogens is 3. The van der Waals surface area contributed by atoms with Gasteiger partial charge in [-0.25, -0.2) is 0 Å². The van der Waals surface area contributed by atoms with Crippen LogP contribution in [0.4, 0.5) is 5.69 Å². The van der Waals surface area contributed by atoms with Gasteiger partial charge in [0.05, 0.1) is 21.2 Å². The summed E-state index contributed by atoms with van der Waals surface area (Å²) >= 11 is 4.78. The first-order valence-corrected chi connectivity index (χ1v) is 6.05. The normalized spacial score (nSPS) is 9.22. The van der Waals surface area contributed by atoms with Crippen LogP contribution in [0.5, 0.6) is 0 Å². The minimum Gasteiger partial charge on any atom is -0.386 e. The maximum atomic E-state index is 11.3. The van der Waals surface area contributed by atoms with E-state index in [-0.39, 0.29) is 24.8 Å². The van der Waals surface area contributed by atoms with Crippen LogP contribution in [0, 0.1) is 0 Å². The van der Waals surface area contributed by atoms with Gasteiger partial charge >= 0.3 is 0 Å². The second-order valence-electron chi connectivity index (χ2n) is 3.05. The number of amides is 1. The van der Waals surface area contributed by atoms with Crippen molar-refractivity contribution in [3.05, 3.63) is 21.7 Å². The fraction of sp³-hybridized carbons (Fsp3) is 0.111. The third-order valence-electron chi connectivity index (χ3n) is 2.08. The van der Waals surface area contributed by atoms with E-state index in [1.165, 1.54) is 11.3 Å². The number of nitrogens with two attached hydrogens (primary N) is 1. The molecule has 0 saturated carbocycles. The van der Waals surface area contributed by atoms with Gasteiger partial charge in [0.1, 0.15) is 4.88 Å². The standard InChI is InChI=1S/C9H9BrN4OS.2ClH/c1-12-6-5(10)7(4-2-13-14-3-4)16-8(6)9(11)15;;/h2-3,12H,1H3,(H2,11,15)(H,13,14);2*1H. The smallest absolute Gasteiger partial charge is 0.260 e. The number of nitrogens with one attached hydrogen (secondary N) is 2. The average Bonchev–Trinajstić information content (AvgIpc) is 2.84. The van der Waals surface area contributed by atoms with Crippen LogP contribution in [-0.2, 0) is 0 Å². The molecule has 5 nitrogen and oxygen atoms in total. The molecule has 18 heavy (non-hydrogen) atoms. The number of hydrogen-bond donors (Lipinski definition) is 3. The molecule has 2 heterocycles. The number of rotatable bonds is 3. The molecule has 0 spiro atoms. The van der Waals surface area contributed by atoms with Crippen LogP contribution >= 0.6 is 52.1 Å². The predicted molar refractivity (Wildman–Crippen MR) is 82.2 cm³/mol. The van der Waals surface area contributed by atoms with Gasteiger partial charge in [-0.2, -0.15) is 5.10 Å². The molecule has 0 aliphatic rings. The molecule has 4 N–H and O–H groups in total. The van der Waals surface area contributed by atoms with E-state index in [1.807, 2.05) is 0 Å². The van der Waals surface area contributed by atoms with Gasteiger partial charge in [0.2, 0.25) is 0 Å². The Morgan fingerprint density at radius 2 is 2.22 bits per heavy atom. The Morgan fingerprint density at radius 3 is 2.61 bits per heavy atom. The van der Waals surface area contributed by atoms with Gasteiger partial charge in [0, 0.05) is 18.8 Å². The number of carbonyl (C=O) groups is 1. The number of thiophene rings is 1. The lowest BCUT2D eigenvalue weighted by molar-refractivity contribution is 0.100. The molecule has 9 heteroatoms. The van der Waals surface area contributed by atoms with Gasteiger partial charge in [-0.3, -0.25) is 9.89 Å². The maximum Gasteiger partial charge on any atom is 0.260 e. The molecule has 0 bridgehead atoms. The van der Waals surface area contributed by atoms with Gasteiger partial charge < -0.3 is 11.1 Å². The Kier molecular flexibility index (Phi) is 6.69. The second-order valence-corrected chi connectivity index (χ2v) is 4.86. The van der Waals surface area contributed by atoms with E-state index in [9.17, 15) is 4.79 Å². The zero-order chi connectivity index (χ0) is 11.7. The highest BCUT2D eigenvalue weighted by Crippen LogP contribution is 2.43. The second kappa shape index (κ2) is 6.98. The van der Waals surface area contributed by atoms with Crippen LogP contribution < -0.4 is 11.1 Å². The summed E-state index contributed by atoms with van der Waals surface area (Å²) in [5.41, 5.74) is 6.95. The number of anilines is 1. The maximum absolute atomic E-state index is 11.3. The van der Waals surface area contributed by atoms with Crippen molar-refractivity contribution in [1.82, 2.24) is 10.2 Å². The summed E-state index contributed by atoms with van der Waals surface area (Å²) < 4.78 is 0.829. The number of nitrogens with zero attached hydrogens (tertiary/aromatic N) is 1. The molecule has 0 aliphatic carbocycles. The van der Waals surface area contributed by atoms with Crippen molar-refractivity contribution in [2.45, 2.75) is 0 Å². The molecule has 0 radical (unpaired) electrons. The summed E-state index contributed by atoms with van der Waals surface area (Å²) in [5, 5.41) is 9.56. The molecule has 0 aromatic carbocycles. The Labute approximate surface area is 128 Å². The molecule has 2 aromatic rings. The molecule has 0 fully saturated rings. The number of carbonyl (C=O) groups excluding carboxylic acids is 1. The number of aromatic nitrogens is 2. The summed E-state index contributed by atoms with van der Waals surface area (Å²) in [6.07, 6.45) is 3.46. The number of aromatic amines is 1. The lowest BCUT2D eigenvalue weighted by Gasteiger charge is -1.99. The largest absolute Gasteiger partial charge is 0.386 e. The van der Waals surface area contributed by atoms with Gasteiger partial charge in [-0.05, 0) is 15.9 Å². The van der Waals surface area contributed by atoms with Crippen molar-refractivity contribution in [3.63, 3.8) is 0 Å². The van der Waals surface area contributed by atoms with Crippen molar-refractivity contribution in [3.8, 4) is 10.4 Å². The van der Waals surface area contributed by atoms with Crippen LogP contribution in [0.1, 0.15) is 9.67 Å². The third-order valence-corrected chi connectivity index (χ3v) is 4.39. The minimum absolute atomic E-state index is 0. The first-order chi connectivity index (χ1) is 7.65. The van der Waals surface area contributed by atoms with Crippen LogP contribution in [0.15, 0.2) is 16.9 Å². The number of hydrogen-bond acceptors (Lipinski definition) is 4. The fourth-order valence-corrected chi connectivity index (χ4v) is 3.40. The van der Waals surface area contributed by atoms with Crippen molar-refractivity contribution >= 4 is 63.7 Å². The lowest BCUT2D eigenvalue weighted by atomic mass is 10.2. The summed E-state index contributed by atoms with van der Waals surface area (Å²) in [5.74, 6) is -0.440. The van der Waals surface area contributed by atoms with Gasteiger partial charge in [-0.1, -0.05) is 0 Å². The van der Waals surface area contributed by atoms with Gasteiger partial charge in [0.15, 0.2) is 0 Å². The monoisotopic (exact) mass is 372 g/mol. The molecule has 2 rings (SSSR count). The van der Waals surface area contributed by atoms with E-state index in [0.717, 1.165) is 14.9 Å². The van der Waals surface area contributed by atoms with E-state index in [4.69, 9.17) is 5.73 Å². The molecule has 1 amide bonds. The molecule has 0 unspecified atom stereocenters. The van der Waals surface area contributed by atoms with Crippen LogP contribution in [0.2, 0.25) is 0 Å². The predicted octanol–water partition coefficient (Wildman–Crippen LogP) is 2.88. The number of primary amides is 1. The quantitative estimate of drug-likeness (QED) is 0.773. The first kappa shape index (κ1) is 17.2. The molecular formula is C9H11BrCl2N4OS. The molecule has 0 atom stereocenters. The molecule has 0 saturated heterocycles. The van der Waals surface area contributed by atoms with Crippen molar-refractivity contribution in [2.24, 2.45) is 5.73 Å². The van der Waals surface area contributed by atoms with E-state index >= 15 is 0 Å². The van der Waals surface area contributed by atoms with Crippen molar-refractivity contribution in [2.75, 3.05) is 12.4 Å². The zero-order valence-electron chi connectivity index (χ0n) is 9.19. The summed E-state index contributed by atoms with van der Waals surface area (Å²) in [6, 6.07) is 0. The van der Waals surface area contributed by atoms with Crippen molar-refractivity contribution in [1.29, 1.82) is 0 Å². The highest BCUT2D eigenvalue weighted by atomic mass is 79.9. The first-order valence-electron chi connectivity index (χ1n) is 4.44. The average molecular weight is 374 g/mol. The highest BCUT2D eigenvalue weighted by Gasteiger charge is 2.20. The topological polar surface area (TPSA) is 83.8 Å². The van der Waals surface area contributed by atoms with Crippen LogP contribution in [0.3, 0.4) is 0 Å². The summed E-state index contributed by atoms with van der Waals surface area (Å²) in [4.78, 5) is 12.7. The van der Waals surface area contributed by atoms with E-state index in [0.29, 0.717) is 10.6 Å². The summed E-state index contributed by atoms with van der Waals surface area (Å²) in [7, 11) is 1.75. The molecular weight excluding hydrogens is 363 g/mol. The number of H-pyrrole nitrogens is 1. The highest BCUT2D eigenvalue weighted by molar-refractivity contribution is 9.10. The molecule has 100 valence electrons. The fourth-order valence-electron chi connectivity index (χ4n) is 1.37. The van der Waals surface area contributed by atoms with E-state index in [1.54, 1.807) is 19.4 Å². The molecule has 0 aliphatic heterocycles. The summed E-state index contributed by atoms with van der Waals surface area (Å²) in [6.45, 7) is 0. The van der Waals surface area contributed by atoms with Crippen molar-refractivity contribution < 1.29 is 4.79 Å². The van der Waals surface area contributed by atoms with Gasteiger partial charge in [0.25, 0.3) is 5.91 Å². The Balaban J connectivity index is 0.00000144. The zero-order valence-corrected chi connectivity index (χ0v) is 13.2. The minimum atomic E-state index is -0.440. The van der Waals surface area contributed by atoms with Crippen LogP contribution in [-0.4, -0.2) is 23.2 Å². The Bertz CT molecular complexity index is 529. The third kappa shape index (κ3) is 2.97. The lowest BCUT2D eigenvalue weighted by Crippen LogP contribution is -2.10.